The van der Waals surface area contributed by atoms with Crippen LogP contribution in [0.3, 0.4) is 0 Å². The van der Waals surface area contributed by atoms with Crippen LogP contribution in [-0.4, -0.2) is 36.4 Å². The fourth-order valence-corrected chi connectivity index (χ4v) is 3.59. The van der Waals surface area contributed by atoms with Crippen molar-refractivity contribution >= 4 is 11.6 Å². The average Bonchev–Trinajstić information content (AvgIpc) is 3.16. The van der Waals surface area contributed by atoms with Crippen molar-refractivity contribution in [3.8, 4) is 0 Å². The summed E-state index contributed by atoms with van der Waals surface area (Å²) in [5.74, 6) is 0.00501. The van der Waals surface area contributed by atoms with Crippen LogP contribution in [0.4, 0.5) is 5.69 Å². The Kier molecular flexibility index (Phi) is 3.60. The van der Waals surface area contributed by atoms with E-state index in [1.807, 2.05) is 11.2 Å². The fourth-order valence-electron chi connectivity index (χ4n) is 3.59. The first-order valence-corrected chi connectivity index (χ1v) is 8.27. The van der Waals surface area contributed by atoms with Gasteiger partial charge in [0.1, 0.15) is 12.5 Å². The van der Waals surface area contributed by atoms with Crippen LogP contribution in [0.5, 0.6) is 0 Å². The van der Waals surface area contributed by atoms with Gasteiger partial charge in [0, 0.05) is 19.3 Å². The lowest BCUT2D eigenvalue weighted by molar-refractivity contribution is -0.121. The molecule has 2 unspecified atom stereocenters. The third kappa shape index (κ3) is 2.63. The molecule has 4 rings (SSSR count). The molecule has 3 aliphatic heterocycles. The zero-order valence-corrected chi connectivity index (χ0v) is 13.6. The number of benzene rings is 1. The van der Waals surface area contributed by atoms with E-state index in [2.05, 4.69) is 53.0 Å². The van der Waals surface area contributed by atoms with Crippen LogP contribution in [0.15, 0.2) is 30.0 Å². The van der Waals surface area contributed by atoms with Crippen LogP contribution in [0.1, 0.15) is 24.0 Å². The van der Waals surface area contributed by atoms with Crippen LogP contribution >= 0.6 is 0 Å². The van der Waals surface area contributed by atoms with E-state index in [1.165, 1.54) is 24.0 Å². The molecular formula is C17H23N5O. The lowest BCUT2D eigenvalue weighted by Gasteiger charge is -2.36. The monoisotopic (exact) mass is 313 g/mol. The van der Waals surface area contributed by atoms with Crippen molar-refractivity contribution in [3.63, 3.8) is 0 Å². The number of carbonyl (C=O) groups excluding carboxylic acids is 1. The van der Waals surface area contributed by atoms with Crippen molar-refractivity contribution in [2.24, 2.45) is 0 Å². The van der Waals surface area contributed by atoms with Crippen LogP contribution in [0, 0.1) is 13.8 Å². The number of likely N-dealkylation sites (tertiary alicyclic amines) is 1. The van der Waals surface area contributed by atoms with Crippen molar-refractivity contribution < 1.29 is 4.79 Å². The summed E-state index contributed by atoms with van der Waals surface area (Å²) in [6.45, 7) is 6.24. The van der Waals surface area contributed by atoms with Crippen molar-refractivity contribution in [1.82, 2.24) is 21.0 Å². The molecule has 122 valence electrons. The van der Waals surface area contributed by atoms with Crippen LogP contribution in [0.2, 0.25) is 0 Å². The lowest BCUT2D eigenvalue weighted by Crippen LogP contribution is -2.66. The summed E-state index contributed by atoms with van der Waals surface area (Å²) in [4.78, 5) is 14.7. The van der Waals surface area contributed by atoms with E-state index in [0.29, 0.717) is 0 Å². The van der Waals surface area contributed by atoms with Crippen molar-refractivity contribution in [2.75, 3.05) is 18.1 Å². The molecule has 3 aliphatic rings. The van der Waals surface area contributed by atoms with Gasteiger partial charge in [0.15, 0.2) is 0 Å². The van der Waals surface area contributed by atoms with Crippen LogP contribution in [0.25, 0.3) is 0 Å². The van der Waals surface area contributed by atoms with E-state index < -0.39 is 0 Å². The normalized spacial score (nSPS) is 27.8. The van der Waals surface area contributed by atoms with Gasteiger partial charge < -0.3 is 5.32 Å². The summed E-state index contributed by atoms with van der Waals surface area (Å²) >= 11 is 0. The average molecular weight is 313 g/mol. The molecule has 1 aromatic rings. The van der Waals surface area contributed by atoms with E-state index in [9.17, 15) is 4.79 Å². The summed E-state index contributed by atoms with van der Waals surface area (Å²) in [6.07, 6.45) is 4.06. The van der Waals surface area contributed by atoms with Gasteiger partial charge in [-0.2, -0.15) is 0 Å². The van der Waals surface area contributed by atoms with E-state index in [1.54, 1.807) is 0 Å². The van der Waals surface area contributed by atoms with Gasteiger partial charge >= 0.3 is 0 Å². The Hall–Kier alpha value is -1.89. The number of fused-ring (bicyclic) bond motifs is 1. The van der Waals surface area contributed by atoms with Crippen molar-refractivity contribution in [1.29, 1.82) is 0 Å². The minimum absolute atomic E-state index is 0.00501. The quantitative estimate of drug-likeness (QED) is 0.758. The summed E-state index contributed by atoms with van der Waals surface area (Å²) in [5, 5.41) is 8.51. The Balaban J connectivity index is 1.54. The molecule has 0 aliphatic carbocycles. The van der Waals surface area contributed by atoms with Gasteiger partial charge in [-0.15, -0.1) is 0 Å². The zero-order valence-electron chi connectivity index (χ0n) is 13.6. The van der Waals surface area contributed by atoms with Gasteiger partial charge in [0.05, 0.1) is 11.3 Å². The molecule has 1 aromatic carbocycles. The summed E-state index contributed by atoms with van der Waals surface area (Å²) < 4.78 is 0. The highest BCUT2D eigenvalue weighted by Gasteiger charge is 2.38. The predicted octanol–water partition coefficient (Wildman–Crippen LogP) is 0.937. The van der Waals surface area contributed by atoms with Gasteiger partial charge in [-0.1, -0.05) is 17.7 Å². The molecule has 6 heteroatoms. The highest BCUT2D eigenvalue weighted by atomic mass is 16.2. The number of aryl methyl sites for hydroxylation is 2. The Morgan fingerprint density at radius 3 is 2.70 bits per heavy atom. The highest BCUT2D eigenvalue weighted by molar-refractivity contribution is 5.96. The van der Waals surface area contributed by atoms with E-state index >= 15 is 0 Å². The molecule has 0 spiro atoms. The zero-order chi connectivity index (χ0) is 16.0. The Bertz CT molecular complexity index is 665. The lowest BCUT2D eigenvalue weighted by atomic mass is 10.1. The van der Waals surface area contributed by atoms with Crippen LogP contribution in [-0.2, 0) is 4.79 Å². The van der Waals surface area contributed by atoms with Gasteiger partial charge in [-0.3, -0.25) is 20.0 Å². The molecule has 0 bridgehead atoms. The molecule has 0 radical (unpaired) electrons. The fraction of sp³-hybridized carbons (Fsp3) is 0.471. The molecule has 2 atom stereocenters. The Morgan fingerprint density at radius 2 is 1.96 bits per heavy atom. The first-order valence-electron chi connectivity index (χ1n) is 8.27. The SMILES string of the molecule is Cc1ccc(N2C=C3C(=O)NC(N4CCCC4)NC3N2)c(C)c1. The number of nitrogens with zero attached hydrogens (tertiary/aromatic N) is 2. The number of amides is 1. The number of nitrogens with one attached hydrogen (secondary N) is 3. The molecule has 23 heavy (non-hydrogen) atoms. The molecule has 2 saturated heterocycles. The first-order chi connectivity index (χ1) is 11.1. The summed E-state index contributed by atoms with van der Waals surface area (Å²) in [6, 6.07) is 6.32. The second kappa shape index (κ2) is 5.63. The second-order valence-corrected chi connectivity index (χ2v) is 6.59. The third-order valence-corrected chi connectivity index (χ3v) is 4.82. The topological polar surface area (TPSA) is 59.6 Å². The van der Waals surface area contributed by atoms with Gasteiger partial charge in [0.2, 0.25) is 0 Å². The minimum Gasteiger partial charge on any atom is -0.324 e. The highest BCUT2D eigenvalue weighted by Crippen LogP contribution is 2.26. The third-order valence-electron chi connectivity index (χ3n) is 4.82. The van der Waals surface area contributed by atoms with Gasteiger partial charge in [-0.05, 0) is 38.3 Å². The molecule has 0 saturated carbocycles. The number of anilines is 1. The molecule has 0 aromatic heterocycles. The summed E-state index contributed by atoms with van der Waals surface area (Å²) in [5.41, 5.74) is 7.63. The van der Waals surface area contributed by atoms with Gasteiger partial charge in [-0.25, -0.2) is 5.43 Å². The first kappa shape index (κ1) is 14.7. The van der Waals surface area contributed by atoms with E-state index in [-0.39, 0.29) is 18.4 Å². The number of rotatable bonds is 2. The van der Waals surface area contributed by atoms with Gasteiger partial charge in [0.25, 0.3) is 5.91 Å². The maximum atomic E-state index is 12.4. The van der Waals surface area contributed by atoms with E-state index in [4.69, 9.17) is 0 Å². The van der Waals surface area contributed by atoms with E-state index in [0.717, 1.165) is 24.4 Å². The molecule has 3 heterocycles. The predicted molar refractivity (Wildman–Crippen MR) is 89.3 cm³/mol. The van der Waals surface area contributed by atoms with Crippen molar-refractivity contribution in [3.05, 3.63) is 41.1 Å². The molecule has 3 N–H and O–H groups in total. The molecule has 2 fully saturated rings. The number of carbonyl (C=O) groups is 1. The Morgan fingerprint density at radius 1 is 1.17 bits per heavy atom. The smallest absolute Gasteiger partial charge is 0.254 e. The number of hydrogen-bond acceptors (Lipinski definition) is 5. The number of hydrogen-bond donors (Lipinski definition) is 3. The van der Waals surface area contributed by atoms with Crippen molar-refractivity contribution in [2.45, 2.75) is 39.1 Å². The summed E-state index contributed by atoms with van der Waals surface area (Å²) in [7, 11) is 0. The molecule has 1 amide bonds. The van der Waals surface area contributed by atoms with Crippen LogP contribution < -0.4 is 21.1 Å². The largest absolute Gasteiger partial charge is 0.324 e. The number of hydrazine groups is 1. The molecular weight excluding hydrogens is 290 g/mol. The standard InChI is InChI=1S/C17H23N5O/c1-11-5-6-14(12(2)9-11)22-10-13-15(20-22)18-17(19-16(13)23)21-7-3-4-8-21/h5-6,9-10,15,17-18,20H,3-4,7-8H2,1-2H3,(H,19,23). The Labute approximate surface area is 136 Å². The minimum atomic E-state index is -0.143. The maximum absolute atomic E-state index is 12.4. The maximum Gasteiger partial charge on any atom is 0.254 e. The second-order valence-electron chi connectivity index (χ2n) is 6.59. The molecule has 6 nitrogen and oxygen atoms in total.